The molecule has 40 heavy (non-hydrogen) atoms. The number of esters is 1. The van der Waals surface area contributed by atoms with Gasteiger partial charge in [0, 0.05) is 44.0 Å². The minimum absolute atomic E-state index is 0.0614. The number of ether oxygens (including phenoxy) is 1. The van der Waals surface area contributed by atoms with Crippen molar-refractivity contribution in [3.05, 3.63) is 35.4 Å². The van der Waals surface area contributed by atoms with Gasteiger partial charge in [-0.25, -0.2) is 9.48 Å². The number of likely N-dealkylation sites (tertiary alicyclic amines) is 1. The number of nitrogens with zero attached hydrogens (tertiary/aromatic N) is 6. The van der Waals surface area contributed by atoms with E-state index in [1.165, 1.54) is 11.8 Å². The van der Waals surface area contributed by atoms with Gasteiger partial charge in [-0.15, -0.1) is 0 Å². The highest BCUT2D eigenvalue weighted by Crippen LogP contribution is 2.35. The summed E-state index contributed by atoms with van der Waals surface area (Å²) in [5.74, 6) is 1.07. The second-order valence-electron chi connectivity index (χ2n) is 11.7. The number of carbonyl (C=O) groups is 3. The zero-order valence-electron chi connectivity index (χ0n) is 23.3. The number of aromatic nitrogens is 2. The molecular formula is C28H35N7O4S. The highest BCUT2D eigenvalue weighted by atomic mass is 32.2. The average molecular weight is 566 g/mol. The largest absolute Gasteiger partial charge is 0.458 e. The van der Waals surface area contributed by atoms with Crippen LogP contribution in [0.1, 0.15) is 49.5 Å². The summed E-state index contributed by atoms with van der Waals surface area (Å²) in [6, 6.07) is 7.51. The number of fused-ring (bicyclic) bond motifs is 2. The van der Waals surface area contributed by atoms with E-state index in [1.807, 2.05) is 55.6 Å². The van der Waals surface area contributed by atoms with E-state index in [2.05, 4.69) is 26.4 Å². The second-order valence-corrected chi connectivity index (χ2v) is 12.9. The lowest BCUT2D eigenvalue weighted by molar-refractivity contribution is -0.159. The van der Waals surface area contributed by atoms with Crippen molar-refractivity contribution in [2.75, 3.05) is 43.4 Å². The van der Waals surface area contributed by atoms with E-state index in [1.54, 1.807) is 4.90 Å². The standard InChI is InChI=1S/C28H35N7O4S/c1-28(2,3)39-26(38)20-6-5-10-34(20)27-29-16-21(40-27)24(36)30-22-15-23-33(12-13-35(23)31-22)18-7-8-19-17(14-18)9-11-32(4)25(19)37/h7-8,14-15,20-21H,5-6,9-13,16H2,1-4H3,(H,30,31,36)/t20-,21?/m0/s1. The number of nitrogens with one attached hydrogen (secondary N) is 1. The number of aliphatic imine (C=N–C) groups is 1. The number of amidine groups is 1. The van der Waals surface area contributed by atoms with Crippen LogP contribution in [0.25, 0.3) is 0 Å². The van der Waals surface area contributed by atoms with Gasteiger partial charge in [-0.3, -0.25) is 14.6 Å². The van der Waals surface area contributed by atoms with Gasteiger partial charge in [0.1, 0.15) is 22.7 Å². The van der Waals surface area contributed by atoms with E-state index in [9.17, 15) is 14.4 Å². The highest BCUT2D eigenvalue weighted by Gasteiger charge is 2.39. The quantitative estimate of drug-likeness (QED) is 0.564. The van der Waals surface area contributed by atoms with E-state index in [4.69, 9.17) is 4.74 Å². The van der Waals surface area contributed by atoms with Crippen molar-refractivity contribution in [3.63, 3.8) is 0 Å². The molecule has 0 radical (unpaired) electrons. The van der Waals surface area contributed by atoms with E-state index in [0.717, 1.165) is 60.2 Å². The van der Waals surface area contributed by atoms with Crippen molar-refractivity contribution in [1.82, 2.24) is 19.6 Å². The molecule has 1 unspecified atom stereocenters. The topological polar surface area (TPSA) is 112 Å². The average Bonchev–Trinajstić information content (AvgIpc) is 3.68. The second kappa shape index (κ2) is 10.1. The van der Waals surface area contributed by atoms with Gasteiger partial charge in [-0.2, -0.15) is 5.10 Å². The number of thioether (sulfide) groups is 1. The number of hydrogen-bond donors (Lipinski definition) is 1. The lowest BCUT2D eigenvalue weighted by Gasteiger charge is -2.28. The molecule has 6 rings (SSSR count). The molecule has 4 aliphatic rings. The van der Waals surface area contributed by atoms with Crippen LogP contribution < -0.4 is 10.2 Å². The predicted molar refractivity (Wildman–Crippen MR) is 154 cm³/mol. The molecule has 0 spiro atoms. The molecule has 2 amide bonds. The Balaban J connectivity index is 1.09. The van der Waals surface area contributed by atoms with Crippen molar-refractivity contribution in [3.8, 4) is 0 Å². The third kappa shape index (κ3) is 5.04. The number of likely N-dealkylation sites (N-methyl/N-ethyl adjacent to an activating group) is 1. The van der Waals surface area contributed by atoms with Gasteiger partial charge in [0.15, 0.2) is 11.0 Å². The van der Waals surface area contributed by atoms with Gasteiger partial charge in [0.05, 0.1) is 13.1 Å². The summed E-state index contributed by atoms with van der Waals surface area (Å²) in [6.45, 7) is 8.87. The van der Waals surface area contributed by atoms with Gasteiger partial charge in [-0.05, 0) is 63.8 Å². The molecule has 12 heteroatoms. The Morgan fingerprint density at radius 2 is 1.95 bits per heavy atom. The third-order valence-electron chi connectivity index (χ3n) is 7.63. The van der Waals surface area contributed by atoms with Crippen LogP contribution in [-0.4, -0.2) is 92.7 Å². The Bertz CT molecular complexity index is 1400. The summed E-state index contributed by atoms with van der Waals surface area (Å²) in [7, 11) is 1.83. The van der Waals surface area contributed by atoms with Crippen LogP contribution in [0, 0.1) is 0 Å². The van der Waals surface area contributed by atoms with Crippen LogP contribution in [0.4, 0.5) is 17.3 Å². The number of benzene rings is 1. The number of anilines is 3. The molecule has 0 bridgehead atoms. The fraction of sp³-hybridized carbons (Fsp3) is 0.536. The zero-order chi connectivity index (χ0) is 28.2. The van der Waals surface area contributed by atoms with Crippen LogP contribution in [0.3, 0.4) is 0 Å². The predicted octanol–water partition coefficient (Wildman–Crippen LogP) is 2.88. The smallest absolute Gasteiger partial charge is 0.329 e. The van der Waals surface area contributed by atoms with Gasteiger partial charge < -0.3 is 24.8 Å². The molecule has 2 aromatic rings. The maximum atomic E-state index is 13.2. The Morgan fingerprint density at radius 3 is 2.75 bits per heavy atom. The molecule has 1 aromatic carbocycles. The first kappa shape index (κ1) is 26.7. The minimum Gasteiger partial charge on any atom is -0.458 e. The maximum Gasteiger partial charge on any atom is 0.329 e. The first-order chi connectivity index (χ1) is 19.1. The van der Waals surface area contributed by atoms with Crippen LogP contribution in [0.5, 0.6) is 0 Å². The highest BCUT2D eigenvalue weighted by molar-refractivity contribution is 8.15. The number of hydrogen-bond acceptors (Lipinski definition) is 9. The lowest BCUT2D eigenvalue weighted by atomic mass is 9.98. The number of rotatable bonds is 4. The lowest BCUT2D eigenvalue weighted by Crippen LogP contribution is -2.42. The molecule has 0 saturated carbocycles. The van der Waals surface area contributed by atoms with Gasteiger partial charge >= 0.3 is 5.97 Å². The summed E-state index contributed by atoms with van der Waals surface area (Å²) >= 11 is 1.40. The molecule has 2 atom stereocenters. The van der Waals surface area contributed by atoms with Crippen molar-refractivity contribution >= 4 is 52.0 Å². The minimum atomic E-state index is -0.547. The summed E-state index contributed by atoms with van der Waals surface area (Å²) in [4.78, 5) is 48.9. The summed E-state index contributed by atoms with van der Waals surface area (Å²) in [6.07, 6.45) is 2.44. The Labute approximate surface area is 237 Å². The van der Waals surface area contributed by atoms with E-state index >= 15 is 0 Å². The van der Waals surface area contributed by atoms with Crippen LogP contribution in [0.15, 0.2) is 29.3 Å². The van der Waals surface area contributed by atoms with Crippen molar-refractivity contribution < 1.29 is 19.1 Å². The Morgan fingerprint density at radius 1 is 1.12 bits per heavy atom. The van der Waals surface area contributed by atoms with Gasteiger partial charge in [-0.1, -0.05) is 11.8 Å². The fourth-order valence-electron chi connectivity index (χ4n) is 5.65. The molecule has 5 heterocycles. The van der Waals surface area contributed by atoms with Crippen LogP contribution >= 0.6 is 11.8 Å². The molecule has 0 aliphatic carbocycles. The molecule has 1 saturated heterocycles. The molecular weight excluding hydrogens is 530 g/mol. The molecule has 1 aromatic heterocycles. The van der Waals surface area contributed by atoms with E-state index in [-0.39, 0.29) is 29.1 Å². The zero-order valence-corrected chi connectivity index (χ0v) is 24.2. The van der Waals surface area contributed by atoms with Crippen LogP contribution in [-0.2, 0) is 27.3 Å². The molecule has 11 nitrogen and oxygen atoms in total. The SMILES string of the molecule is CN1CCc2cc(N3CCn4nc(NC(=O)C5CN=C(N6CCC[C@H]6C(=O)OC(C)(C)C)S5)cc43)ccc2C1=O. The first-order valence-corrected chi connectivity index (χ1v) is 14.7. The monoisotopic (exact) mass is 565 g/mol. The Kier molecular flexibility index (Phi) is 6.76. The Hall–Kier alpha value is -3.54. The summed E-state index contributed by atoms with van der Waals surface area (Å²) < 4.78 is 7.51. The van der Waals surface area contributed by atoms with Crippen molar-refractivity contribution in [1.29, 1.82) is 0 Å². The summed E-state index contributed by atoms with van der Waals surface area (Å²) in [5.41, 5.74) is 2.30. The maximum absolute atomic E-state index is 13.2. The van der Waals surface area contributed by atoms with Crippen molar-refractivity contribution in [2.45, 2.75) is 63.5 Å². The molecule has 4 aliphatic heterocycles. The number of carbonyl (C=O) groups excluding carboxylic acids is 3. The van der Waals surface area contributed by atoms with E-state index in [0.29, 0.717) is 25.5 Å². The molecule has 1 fully saturated rings. The number of amides is 2. The van der Waals surface area contributed by atoms with Gasteiger partial charge in [0.25, 0.3) is 5.91 Å². The normalized spacial score (nSPS) is 22.4. The van der Waals surface area contributed by atoms with Crippen LogP contribution in [0.2, 0.25) is 0 Å². The molecule has 212 valence electrons. The first-order valence-electron chi connectivity index (χ1n) is 13.8. The van der Waals surface area contributed by atoms with Gasteiger partial charge in [0.2, 0.25) is 5.91 Å². The molecule has 1 N–H and O–H groups in total. The fourth-order valence-corrected chi connectivity index (χ4v) is 6.73. The third-order valence-corrected chi connectivity index (χ3v) is 8.85. The van der Waals surface area contributed by atoms with Crippen molar-refractivity contribution in [2.24, 2.45) is 4.99 Å². The van der Waals surface area contributed by atoms with E-state index < -0.39 is 5.60 Å². The summed E-state index contributed by atoms with van der Waals surface area (Å²) in [5, 5.41) is 7.92.